The van der Waals surface area contributed by atoms with Crippen LogP contribution in [0.5, 0.6) is 5.75 Å². The maximum Gasteiger partial charge on any atom is 0.748 e. The molecule has 0 fully saturated rings. The maximum absolute atomic E-state index is 5.86. The summed E-state index contributed by atoms with van der Waals surface area (Å²) in [5.74, 6) is 0.479. The first-order valence-electron chi connectivity index (χ1n) is 6.16. The van der Waals surface area contributed by atoms with Crippen molar-refractivity contribution in [2.75, 3.05) is 42.7 Å². The molecule has 0 unspecified atom stereocenters. The number of hydrogen-bond donors (Lipinski definition) is 0. The van der Waals surface area contributed by atoms with Crippen molar-refractivity contribution in [2.24, 2.45) is 0 Å². The summed E-state index contributed by atoms with van der Waals surface area (Å²) in [6, 6.07) is 7.24. The van der Waals surface area contributed by atoms with E-state index in [1.807, 2.05) is 18.2 Å². The highest BCUT2D eigenvalue weighted by molar-refractivity contribution is 6.76. The molecule has 9 heteroatoms. The van der Waals surface area contributed by atoms with Gasteiger partial charge in [-0.2, -0.15) is 0 Å². The number of rotatable bonds is 9. The fourth-order valence-electron chi connectivity index (χ4n) is 1.90. The van der Waals surface area contributed by atoms with E-state index in [2.05, 4.69) is 0 Å². The van der Waals surface area contributed by atoms with Gasteiger partial charge in [0.25, 0.3) is 0 Å². The second-order valence-electron chi connectivity index (χ2n) is 3.88. The van der Waals surface area contributed by atoms with Crippen LogP contribution in [0.1, 0.15) is 0 Å². The summed E-state index contributed by atoms with van der Waals surface area (Å²) in [5.41, 5.74) is 0. The van der Waals surface area contributed by atoms with Crippen LogP contribution in [0.3, 0.4) is 0 Å². The highest BCUT2D eigenvalue weighted by Gasteiger charge is 2.49. The maximum atomic E-state index is 5.86. The van der Waals surface area contributed by atoms with Gasteiger partial charge in [-0.1, -0.05) is 18.2 Å². The summed E-state index contributed by atoms with van der Waals surface area (Å²) in [6.07, 6.45) is 0. The van der Waals surface area contributed by atoms with Gasteiger partial charge in [0.1, 0.15) is 5.75 Å². The molecule has 0 atom stereocenters. The SMILES string of the molecule is CO[Si](OC)(OC)Oc1ccccc1[Si](OC)(OC)OC. The number of benzene rings is 1. The van der Waals surface area contributed by atoms with Gasteiger partial charge in [-0.3, -0.25) is 0 Å². The van der Waals surface area contributed by atoms with E-state index in [1.165, 1.54) is 42.7 Å². The fraction of sp³-hybridized carbons (Fsp3) is 0.500. The molecule has 0 amide bonds. The Bertz CT molecular complexity index is 419. The molecule has 120 valence electrons. The molecule has 0 heterocycles. The summed E-state index contributed by atoms with van der Waals surface area (Å²) in [4.78, 5) is 0. The van der Waals surface area contributed by atoms with Crippen molar-refractivity contribution >= 4 is 23.0 Å². The van der Waals surface area contributed by atoms with Crippen molar-refractivity contribution in [3.8, 4) is 5.75 Å². The molecular weight excluding hydrogens is 312 g/mol. The van der Waals surface area contributed by atoms with Crippen molar-refractivity contribution in [3.05, 3.63) is 24.3 Å². The van der Waals surface area contributed by atoms with Gasteiger partial charge >= 0.3 is 17.9 Å². The zero-order valence-corrected chi connectivity index (χ0v) is 15.2. The second kappa shape index (κ2) is 8.01. The zero-order valence-electron chi connectivity index (χ0n) is 13.2. The Kier molecular flexibility index (Phi) is 6.96. The summed E-state index contributed by atoms with van der Waals surface area (Å²) in [5, 5.41) is 0.667. The molecule has 21 heavy (non-hydrogen) atoms. The Hall–Kier alpha value is -0.786. The summed E-state index contributed by atoms with van der Waals surface area (Å²) in [7, 11) is 2.70. The quantitative estimate of drug-likeness (QED) is 0.610. The molecule has 0 aliphatic heterocycles. The third-order valence-electron chi connectivity index (χ3n) is 3.01. The van der Waals surface area contributed by atoms with Crippen LogP contribution in [0, 0.1) is 0 Å². The molecule has 0 saturated carbocycles. The molecule has 0 spiro atoms. The van der Waals surface area contributed by atoms with Crippen molar-refractivity contribution in [3.63, 3.8) is 0 Å². The zero-order chi connectivity index (χ0) is 15.9. The molecule has 0 N–H and O–H groups in total. The van der Waals surface area contributed by atoms with Gasteiger partial charge in [-0.05, 0) is 6.07 Å². The van der Waals surface area contributed by atoms with Crippen LogP contribution in [0.2, 0.25) is 0 Å². The lowest BCUT2D eigenvalue weighted by Crippen LogP contribution is -2.57. The first kappa shape index (κ1) is 18.3. The molecule has 0 radical (unpaired) electrons. The van der Waals surface area contributed by atoms with Gasteiger partial charge in [0.2, 0.25) is 0 Å². The Morgan fingerprint density at radius 2 is 1.14 bits per heavy atom. The second-order valence-corrected chi connectivity index (χ2v) is 9.18. The highest BCUT2D eigenvalue weighted by Crippen LogP contribution is 2.20. The largest absolute Gasteiger partial charge is 0.748 e. The van der Waals surface area contributed by atoms with E-state index in [9.17, 15) is 0 Å². The topological polar surface area (TPSA) is 64.6 Å². The molecule has 0 aliphatic rings. The summed E-state index contributed by atoms with van der Waals surface area (Å²) >= 11 is 0. The minimum absolute atomic E-state index is 0.479. The van der Waals surface area contributed by atoms with Gasteiger partial charge in [0.15, 0.2) is 0 Å². The molecule has 7 nitrogen and oxygen atoms in total. The number of para-hydroxylation sites is 1. The van der Waals surface area contributed by atoms with E-state index in [0.29, 0.717) is 10.9 Å². The van der Waals surface area contributed by atoms with E-state index in [-0.39, 0.29) is 0 Å². The lowest BCUT2D eigenvalue weighted by Gasteiger charge is -2.29. The van der Waals surface area contributed by atoms with E-state index < -0.39 is 17.9 Å². The van der Waals surface area contributed by atoms with E-state index in [4.69, 9.17) is 31.0 Å². The average Bonchev–Trinajstić information content (AvgIpc) is 2.56. The Morgan fingerprint density at radius 3 is 1.57 bits per heavy atom. The van der Waals surface area contributed by atoms with Crippen molar-refractivity contribution in [2.45, 2.75) is 0 Å². The normalized spacial score (nSPS) is 12.5. The van der Waals surface area contributed by atoms with Crippen LogP contribution in [0.4, 0.5) is 0 Å². The molecule has 0 aromatic heterocycles. The standard InChI is InChI=1S/C12H22O7Si2/c1-13-20(14-2,15-3)12-10-8-7-9-11(12)19-21(16-4,17-5)18-6/h7-10H,1-6H3. The Balaban J connectivity index is 3.27. The molecule has 1 aromatic rings. The molecule has 0 bridgehead atoms. The van der Waals surface area contributed by atoms with Gasteiger partial charge in [0.05, 0.1) is 5.19 Å². The smallest absolute Gasteiger partial charge is 0.480 e. The third-order valence-corrected chi connectivity index (χ3v) is 7.66. The minimum Gasteiger partial charge on any atom is -0.480 e. The third kappa shape index (κ3) is 3.70. The molecule has 1 rings (SSSR count). The number of hydrogen-bond acceptors (Lipinski definition) is 7. The first-order valence-corrected chi connectivity index (χ1v) is 9.52. The Labute approximate surface area is 127 Å². The van der Waals surface area contributed by atoms with E-state index in [1.54, 1.807) is 6.07 Å². The predicted octanol–water partition coefficient (Wildman–Crippen LogP) is 0.525. The highest BCUT2D eigenvalue weighted by atomic mass is 28.4. The van der Waals surface area contributed by atoms with Crippen LogP contribution in [0.15, 0.2) is 24.3 Å². The van der Waals surface area contributed by atoms with Crippen molar-refractivity contribution in [1.82, 2.24) is 0 Å². The monoisotopic (exact) mass is 334 g/mol. The van der Waals surface area contributed by atoms with Crippen molar-refractivity contribution < 1.29 is 31.0 Å². The predicted molar refractivity (Wildman–Crippen MR) is 80.3 cm³/mol. The Morgan fingerprint density at radius 1 is 0.667 bits per heavy atom. The van der Waals surface area contributed by atoms with Crippen LogP contribution in [-0.4, -0.2) is 60.5 Å². The van der Waals surface area contributed by atoms with Crippen LogP contribution >= 0.6 is 0 Å². The van der Waals surface area contributed by atoms with Crippen molar-refractivity contribution in [1.29, 1.82) is 0 Å². The summed E-state index contributed by atoms with van der Waals surface area (Å²) < 4.78 is 38.1. The van der Waals surface area contributed by atoms with Gasteiger partial charge < -0.3 is 31.0 Å². The molecular formula is C12H22O7Si2. The molecule has 0 saturated heterocycles. The average molecular weight is 334 g/mol. The van der Waals surface area contributed by atoms with Crippen LogP contribution < -0.4 is 9.61 Å². The fourth-order valence-corrected chi connectivity index (χ4v) is 5.09. The minimum atomic E-state index is -3.25. The van der Waals surface area contributed by atoms with Crippen LogP contribution in [0.25, 0.3) is 0 Å². The first-order chi connectivity index (χ1) is 10.1. The lowest BCUT2D eigenvalue weighted by atomic mass is 10.3. The van der Waals surface area contributed by atoms with Gasteiger partial charge in [-0.15, -0.1) is 0 Å². The van der Waals surface area contributed by atoms with E-state index >= 15 is 0 Å². The molecule has 1 aromatic carbocycles. The summed E-state index contributed by atoms with van der Waals surface area (Å²) in [6.45, 7) is 0. The molecule has 0 aliphatic carbocycles. The van der Waals surface area contributed by atoms with Crippen LogP contribution in [-0.2, 0) is 26.6 Å². The van der Waals surface area contributed by atoms with Gasteiger partial charge in [0, 0.05) is 42.7 Å². The van der Waals surface area contributed by atoms with E-state index in [0.717, 1.165) is 0 Å². The van der Waals surface area contributed by atoms with Gasteiger partial charge in [-0.25, -0.2) is 0 Å². The lowest BCUT2D eigenvalue weighted by molar-refractivity contribution is 0.0510.